The van der Waals surface area contributed by atoms with Gasteiger partial charge in [0.15, 0.2) is 0 Å². The van der Waals surface area contributed by atoms with Gasteiger partial charge in [-0.2, -0.15) is 30.7 Å². The topological polar surface area (TPSA) is 0 Å². The molecule has 0 heterocycles. The Morgan fingerprint density at radius 1 is 0.750 bits per heavy atom. The second kappa shape index (κ2) is 5.23. The quantitative estimate of drug-likeness (QED) is 0.479. The van der Waals surface area contributed by atoms with Crippen molar-refractivity contribution in [3.05, 3.63) is 6.92 Å². The summed E-state index contributed by atoms with van der Waals surface area (Å²) in [7, 11) is 0. The predicted octanol–water partition coefficient (Wildman–Crippen LogP) is 4.60. The van der Waals surface area contributed by atoms with E-state index in [1.165, 1.54) is 0 Å². The maximum Gasteiger partial charge on any atom is 0.459 e. The number of halogens is 7. The van der Waals surface area contributed by atoms with Crippen LogP contribution in [0.1, 0.15) is 32.1 Å². The molecule has 0 aromatic heterocycles. The number of hydrogen-bond donors (Lipinski definition) is 0. The van der Waals surface area contributed by atoms with E-state index in [1.807, 2.05) is 0 Å². The zero-order valence-corrected chi connectivity index (χ0v) is 8.39. The number of alkyl halides is 7. The second-order valence-electron chi connectivity index (χ2n) is 3.44. The molecule has 97 valence electrons. The Hall–Kier alpha value is -0.490. The van der Waals surface area contributed by atoms with Crippen LogP contribution in [-0.2, 0) is 0 Å². The van der Waals surface area contributed by atoms with E-state index < -0.39 is 24.4 Å². The van der Waals surface area contributed by atoms with E-state index in [0.717, 1.165) is 0 Å². The smallest absolute Gasteiger partial charge is 0.200 e. The Bertz CT molecular complexity index is 206. The van der Waals surface area contributed by atoms with E-state index in [4.69, 9.17) is 0 Å². The van der Waals surface area contributed by atoms with Crippen LogP contribution >= 0.6 is 0 Å². The summed E-state index contributed by atoms with van der Waals surface area (Å²) in [6.45, 7) is 3.39. The summed E-state index contributed by atoms with van der Waals surface area (Å²) in [5, 5.41) is 0. The summed E-state index contributed by atoms with van der Waals surface area (Å²) in [4.78, 5) is 0. The lowest BCUT2D eigenvalue weighted by Crippen LogP contribution is -2.51. The van der Waals surface area contributed by atoms with Gasteiger partial charge in [-0.3, -0.25) is 0 Å². The Labute approximate surface area is 88.8 Å². The van der Waals surface area contributed by atoms with Gasteiger partial charge in [0, 0.05) is 6.42 Å². The highest BCUT2D eigenvalue weighted by Crippen LogP contribution is 2.48. The lowest BCUT2D eigenvalue weighted by Gasteiger charge is -2.28. The Morgan fingerprint density at radius 2 is 1.25 bits per heavy atom. The second-order valence-corrected chi connectivity index (χ2v) is 3.44. The highest BCUT2D eigenvalue weighted by atomic mass is 19.4. The Morgan fingerprint density at radius 3 is 1.62 bits per heavy atom. The van der Waals surface area contributed by atoms with Crippen molar-refractivity contribution in [1.82, 2.24) is 0 Å². The molecule has 0 N–H and O–H groups in total. The van der Waals surface area contributed by atoms with E-state index in [0.29, 0.717) is 12.8 Å². The van der Waals surface area contributed by atoms with Crippen molar-refractivity contribution in [2.45, 2.75) is 50.1 Å². The van der Waals surface area contributed by atoms with Crippen molar-refractivity contribution in [1.29, 1.82) is 0 Å². The molecule has 0 aliphatic carbocycles. The van der Waals surface area contributed by atoms with Crippen molar-refractivity contribution in [2.75, 3.05) is 0 Å². The average Bonchev–Trinajstić information content (AvgIpc) is 2.10. The van der Waals surface area contributed by atoms with Gasteiger partial charge in [0.05, 0.1) is 0 Å². The molecule has 16 heavy (non-hydrogen) atoms. The van der Waals surface area contributed by atoms with Crippen LogP contribution < -0.4 is 0 Å². The first-order valence-corrected chi connectivity index (χ1v) is 4.68. The third-order valence-electron chi connectivity index (χ3n) is 2.06. The molecule has 0 bridgehead atoms. The van der Waals surface area contributed by atoms with Gasteiger partial charge in [-0.25, -0.2) is 0 Å². The van der Waals surface area contributed by atoms with Crippen LogP contribution in [0.5, 0.6) is 0 Å². The molecule has 0 amide bonds. The largest absolute Gasteiger partial charge is 0.459 e. The molecule has 0 saturated carbocycles. The molecular formula is C9H12F7. The summed E-state index contributed by atoms with van der Waals surface area (Å²) in [6, 6.07) is 0. The van der Waals surface area contributed by atoms with Crippen LogP contribution in [0.15, 0.2) is 0 Å². The molecule has 0 aromatic rings. The van der Waals surface area contributed by atoms with Gasteiger partial charge >= 0.3 is 18.0 Å². The van der Waals surface area contributed by atoms with Crippen molar-refractivity contribution < 1.29 is 30.7 Å². The first-order valence-electron chi connectivity index (χ1n) is 4.68. The highest BCUT2D eigenvalue weighted by Gasteiger charge is 2.72. The van der Waals surface area contributed by atoms with Crippen molar-refractivity contribution >= 4 is 0 Å². The highest BCUT2D eigenvalue weighted by molar-refractivity contribution is 4.90. The van der Waals surface area contributed by atoms with E-state index >= 15 is 0 Å². The maximum absolute atomic E-state index is 12.6. The average molecular weight is 253 g/mol. The molecule has 0 atom stereocenters. The molecule has 0 aliphatic heterocycles. The monoisotopic (exact) mass is 253 g/mol. The minimum Gasteiger partial charge on any atom is -0.200 e. The van der Waals surface area contributed by atoms with Crippen LogP contribution in [0.25, 0.3) is 0 Å². The van der Waals surface area contributed by atoms with Crippen LogP contribution in [-0.4, -0.2) is 18.0 Å². The molecule has 0 aliphatic rings. The van der Waals surface area contributed by atoms with E-state index in [2.05, 4.69) is 6.92 Å². The molecule has 7 heteroatoms. The maximum atomic E-state index is 12.6. The van der Waals surface area contributed by atoms with Gasteiger partial charge in [0.25, 0.3) is 0 Å². The summed E-state index contributed by atoms with van der Waals surface area (Å²) in [5.74, 6) is -11.0. The minimum absolute atomic E-state index is 0.160. The summed E-state index contributed by atoms with van der Waals surface area (Å²) in [6.07, 6.45) is -7.06. The fraction of sp³-hybridized carbons (Fsp3) is 0.889. The van der Waals surface area contributed by atoms with Gasteiger partial charge in [0.1, 0.15) is 0 Å². The number of rotatable bonds is 6. The van der Waals surface area contributed by atoms with Gasteiger partial charge < -0.3 is 0 Å². The molecule has 0 rings (SSSR count). The van der Waals surface area contributed by atoms with Crippen molar-refractivity contribution in [2.24, 2.45) is 0 Å². The fourth-order valence-electron chi connectivity index (χ4n) is 1.06. The lowest BCUT2D eigenvalue weighted by molar-refractivity contribution is -0.355. The molecule has 0 unspecified atom stereocenters. The first kappa shape index (κ1) is 15.5. The van der Waals surface area contributed by atoms with Crippen LogP contribution in [0.4, 0.5) is 30.7 Å². The Balaban J connectivity index is 4.41. The standard InChI is InChI=1S/C9H12F7/c1-2-3-4-5-6-7(10,11)8(12,13)9(14,15)16/h1-6H2. The molecule has 0 aromatic carbocycles. The minimum atomic E-state index is -6.22. The SMILES string of the molecule is [CH2]CCCCCC(F)(F)C(F)(F)C(F)(F)F. The van der Waals surface area contributed by atoms with Gasteiger partial charge in [-0.05, 0) is 6.42 Å². The zero-order chi connectivity index (χ0) is 13.0. The number of hydrogen-bond acceptors (Lipinski definition) is 0. The van der Waals surface area contributed by atoms with Gasteiger partial charge in [0.2, 0.25) is 0 Å². The van der Waals surface area contributed by atoms with Crippen LogP contribution in [0.2, 0.25) is 0 Å². The summed E-state index contributed by atoms with van der Waals surface area (Å²) in [5.41, 5.74) is 0. The molecule has 0 saturated heterocycles. The summed E-state index contributed by atoms with van der Waals surface area (Å²) < 4.78 is 84.9. The number of unbranched alkanes of at least 4 members (excludes halogenated alkanes) is 3. The Kier molecular flexibility index (Phi) is 5.07. The van der Waals surface area contributed by atoms with E-state index in [9.17, 15) is 30.7 Å². The third kappa shape index (κ3) is 3.52. The van der Waals surface area contributed by atoms with Crippen molar-refractivity contribution in [3.8, 4) is 0 Å². The molecule has 0 fully saturated rings. The van der Waals surface area contributed by atoms with Crippen LogP contribution in [0, 0.1) is 6.92 Å². The van der Waals surface area contributed by atoms with Crippen molar-refractivity contribution in [3.63, 3.8) is 0 Å². The van der Waals surface area contributed by atoms with Crippen LogP contribution in [0.3, 0.4) is 0 Å². The zero-order valence-electron chi connectivity index (χ0n) is 8.39. The molecule has 1 radical (unpaired) electrons. The van der Waals surface area contributed by atoms with E-state index in [-0.39, 0.29) is 12.8 Å². The lowest BCUT2D eigenvalue weighted by atomic mass is 10.0. The molecule has 0 spiro atoms. The van der Waals surface area contributed by atoms with Gasteiger partial charge in [-0.1, -0.05) is 26.2 Å². The van der Waals surface area contributed by atoms with Gasteiger partial charge in [-0.15, -0.1) is 0 Å². The first-order chi connectivity index (χ1) is 7.06. The fourth-order valence-corrected chi connectivity index (χ4v) is 1.06. The normalized spacial score (nSPS) is 14.2. The third-order valence-corrected chi connectivity index (χ3v) is 2.06. The molecule has 0 nitrogen and oxygen atoms in total. The van der Waals surface area contributed by atoms with E-state index in [1.54, 1.807) is 0 Å². The predicted molar refractivity (Wildman–Crippen MR) is 44.4 cm³/mol. The molecular weight excluding hydrogens is 241 g/mol. The summed E-state index contributed by atoms with van der Waals surface area (Å²) >= 11 is 0.